The van der Waals surface area contributed by atoms with E-state index in [0.717, 1.165) is 18.5 Å². The Morgan fingerprint density at radius 2 is 2.05 bits per heavy atom. The minimum atomic E-state index is -0.277. The van der Waals surface area contributed by atoms with Crippen molar-refractivity contribution < 1.29 is 9.18 Å². The Morgan fingerprint density at radius 3 is 2.65 bits per heavy atom. The summed E-state index contributed by atoms with van der Waals surface area (Å²) in [6.07, 6.45) is 1.34. The van der Waals surface area contributed by atoms with Crippen LogP contribution in [-0.2, 0) is 10.2 Å². The van der Waals surface area contributed by atoms with Gasteiger partial charge < -0.3 is 10.6 Å². The molecule has 0 aliphatic rings. The Hall–Kier alpha value is -1.13. The average molecular weight is 303 g/mol. The lowest BCUT2D eigenvalue weighted by molar-refractivity contribution is -0.121. The van der Waals surface area contributed by atoms with Crippen LogP contribution in [0.5, 0.6) is 0 Å². The van der Waals surface area contributed by atoms with E-state index in [0.29, 0.717) is 13.0 Å². The summed E-state index contributed by atoms with van der Waals surface area (Å²) < 4.78 is 13.2. The molecule has 0 aliphatic carbocycles. The molecule has 114 valence electrons. The van der Waals surface area contributed by atoms with Gasteiger partial charge in [-0.15, -0.1) is 12.4 Å². The minimum absolute atomic E-state index is 0. The summed E-state index contributed by atoms with van der Waals surface area (Å²) in [7, 11) is 1.87. The number of nitrogens with one attached hydrogen (secondary N) is 2. The number of carbonyl (C=O) groups excluding carboxylic acids is 1. The molecule has 0 spiro atoms. The van der Waals surface area contributed by atoms with Crippen molar-refractivity contribution >= 4 is 18.3 Å². The molecular weight excluding hydrogens is 279 g/mol. The van der Waals surface area contributed by atoms with Gasteiger partial charge in [-0.05, 0) is 37.7 Å². The molecule has 1 amide bonds. The van der Waals surface area contributed by atoms with Gasteiger partial charge >= 0.3 is 0 Å². The van der Waals surface area contributed by atoms with Crippen molar-refractivity contribution in [2.75, 3.05) is 20.1 Å². The molecule has 1 rings (SSSR count). The maximum absolute atomic E-state index is 13.2. The summed E-state index contributed by atoms with van der Waals surface area (Å²) in [5, 5.41) is 5.92. The predicted molar refractivity (Wildman–Crippen MR) is 82.8 cm³/mol. The summed E-state index contributed by atoms with van der Waals surface area (Å²) in [6.45, 7) is 5.33. The van der Waals surface area contributed by atoms with Crippen molar-refractivity contribution in [2.45, 2.75) is 32.1 Å². The molecule has 0 saturated heterocycles. The minimum Gasteiger partial charge on any atom is -0.355 e. The second-order valence-electron chi connectivity index (χ2n) is 5.38. The second-order valence-corrected chi connectivity index (χ2v) is 5.38. The van der Waals surface area contributed by atoms with Gasteiger partial charge in [0.1, 0.15) is 5.82 Å². The highest BCUT2D eigenvalue weighted by molar-refractivity contribution is 5.85. The van der Waals surface area contributed by atoms with Crippen LogP contribution in [0, 0.1) is 5.82 Å². The molecule has 1 aromatic carbocycles. The number of rotatable bonds is 7. The monoisotopic (exact) mass is 302 g/mol. The number of amides is 1. The zero-order valence-corrected chi connectivity index (χ0v) is 13.1. The smallest absolute Gasteiger partial charge is 0.220 e. The van der Waals surface area contributed by atoms with Crippen LogP contribution in [0.15, 0.2) is 24.3 Å². The Balaban J connectivity index is 0.00000361. The van der Waals surface area contributed by atoms with Crippen LogP contribution in [0.3, 0.4) is 0 Å². The standard InChI is InChI=1S/C15H23FN2O.ClH/c1-15(2,12-6-4-7-13(16)10-12)11-18-14(19)8-5-9-17-3;/h4,6-7,10,17H,5,8-9,11H2,1-3H3,(H,18,19);1H. The maximum Gasteiger partial charge on any atom is 0.220 e. The molecule has 0 saturated carbocycles. The molecule has 20 heavy (non-hydrogen) atoms. The molecule has 2 N–H and O–H groups in total. The molecule has 3 nitrogen and oxygen atoms in total. The highest BCUT2D eigenvalue weighted by Gasteiger charge is 2.21. The summed E-state index contributed by atoms with van der Waals surface area (Å²) in [5.74, 6) is -0.203. The topological polar surface area (TPSA) is 41.1 Å². The van der Waals surface area contributed by atoms with Crippen LogP contribution in [0.2, 0.25) is 0 Å². The molecule has 0 aliphatic heterocycles. The molecule has 0 aromatic heterocycles. The van der Waals surface area contributed by atoms with Gasteiger partial charge in [0.05, 0.1) is 0 Å². The van der Waals surface area contributed by atoms with Crippen molar-refractivity contribution in [3.63, 3.8) is 0 Å². The Bertz CT molecular complexity index is 424. The molecular formula is C15H24ClFN2O. The highest BCUT2D eigenvalue weighted by Crippen LogP contribution is 2.22. The molecule has 1 aromatic rings. The first-order valence-corrected chi connectivity index (χ1v) is 6.63. The largest absolute Gasteiger partial charge is 0.355 e. The first kappa shape index (κ1) is 18.9. The van der Waals surface area contributed by atoms with E-state index in [-0.39, 0.29) is 29.5 Å². The second kappa shape index (κ2) is 8.93. The third-order valence-corrected chi connectivity index (χ3v) is 3.16. The van der Waals surface area contributed by atoms with E-state index < -0.39 is 0 Å². The number of benzene rings is 1. The zero-order valence-electron chi connectivity index (χ0n) is 12.3. The van der Waals surface area contributed by atoms with E-state index in [2.05, 4.69) is 10.6 Å². The lowest BCUT2D eigenvalue weighted by atomic mass is 9.84. The SMILES string of the molecule is CNCCCC(=O)NCC(C)(C)c1cccc(F)c1.Cl. The highest BCUT2D eigenvalue weighted by atomic mass is 35.5. The van der Waals surface area contributed by atoms with Crippen LogP contribution in [-0.4, -0.2) is 26.0 Å². The first-order chi connectivity index (χ1) is 8.95. The van der Waals surface area contributed by atoms with E-state index in [4.69, 9.17) is 0 Å². The predicted octanol–water partition coefficient (Wildman–Crippen LogP) is 2.64. The molecule has 0 fully saturated rings. The third kappa shape index (κ3) is 6.35. The van der Waals surface area contributed by atoms with E-state index in [1.807, 2.05) is 27.0 Å². The lowest BCUT2D eigenvalue weighted by Crippen LogP contribution is -2.36. The summed E-state index contributed by atoms with van der Waals surface area (Å²) in [4.78, 5) is 11.6. The van der Waals surface area contributed by atoms with Crippen molar-refractivity contribution in [1.82, 2.24) is 10.6 Å². The van der Waals surface area contributed by atoms with Crippen molar-refractivity contribution in [3.05, 3.63) is 35.6 Å². The van der Waals surface area contributed by atoms with Gasteiger partial charge in [-0.2, -0.15) is 0 Å². The van der Waals surface area contributed by atoms with Gasteiger partial charge in [0.15, 0.2) is 0 Å². The Kier molecular flexibility index (Phi) is 8.42. The number of hydrogen-bond donors (Lipinski definition) is 2. The Morgan fingerprint density at radius 1 is 1.35 bits per heavy atom. The van der Waals surface area contributed by atoms with Crippen LogP contribution >= 0.6 is 12.4 Å². The summed E-state index contributed by atoms with van der Waals surface area (Å²) in [5.41, 5.74) is 0.615. The number of carbonyl (C=O) groups is 1. The van der Waals surface area contributed by atoms with Crippen molar-refractivity contribution in [3.8, 4) is 0 Å². The number of hydrogen-bond acceptors (Lipinski definition) is 2. The molecule has 0 unspecified atom stereocenters. The van der Waals surface area contributed by atoms with Gasteiger partial charge in [0, 0.05) is 18.4 Å². The van der Waals surface area contributed by atoms with Crippen LogP contribution in [0.4, 0.5) is 4.39 Å². The molecule has 5 heteroatoms. The van der Waals surface area contributed by atoms with Gasteiger partial charge in [-0.3, -0.25) is 4.79 Å². The summed E-state index contributed by atoms with van der Waals surface area (Å²) in [6, 6.07) is 6.53. The molecule has 0 atom stereocenters. The normalized spacial score (nSPS) is 10.8. The maximum atomic E-state index is 13.2. The van der Waals surface area contributed by atoms with Crippen LogP contribution in [0.1, 0.15) is 32.3 Å². The van der Waals surface area contributed by atoms with E-state index in [1.54, 1.807) is 6.07 Å². The average Bonchev–Trinajstić information content (AvgIpc) is 2.37. The van der Waals surface area contributed by atoms with Gasteiger partial charge in [-0.25, -0.2) is 4.39 Å². The quantitative estimate of drug-likeness (QED) is 0.760. The van der Waals surface area contributed by atoms with Crippen LogP contribution < -0.4 is 10.6 Å². The van der Waals surface area contributed by atoms with E-state index >= 15 is 0 Å². The van der Waals surface area contributed by atoms with Gasteiger partial charge in [-0.1, -0.05) is 26.0 Å². The molecule has 0 heterocycles. The van der Waals surface area contributed by atoms with Crippen molar-refractivity contribution in [2.24, 2.45) is 0 Å². The fraction of sp³-hybridized carbons (Fsp3) is 0.533. The fourth-order valence-corrected chi connectivity index (χ4v) is 1.85. The molecule has 0 bridgehead atoms. The van der Waals surface area contributed by atoms with E-state index in [1.165, 1.54) is 12.1 Å². The van der Waals surface area contributed by atoms with Crippen LogP contribution in [0.25, 0.3) is 0 Å². The summed E-state index contributed by atoms with van der Waals surface area (Å²) >= 11 is 0. The fourth-order valence-electron chi connectivity index (χ4n) is 1.85. The van der Waals surface area contributed by atoms with E-state index in [9.17, 15) is 9.18 Å². The third-order valence-electron chi connectivity index (χ3n) is 3.16. The molecule has 0 radical (unpaired) electrons. The first-order valence-electron chi connectivity index (χ1n) is 6.63. The van der Waals surface area contributed by atoms with Crippen molar-refractivity contribution in [1.29, 1.82) is 0 Å². The number of halogens is 2. The lowest BCUT2D eigenvalue weighted by Gasteiger charge is -2.25. The van der Waals surface area contributed by atoms with Gasteiger partial charge in [0.25, 0.3) is 0 Å². The Labute approximate surface area is 126 Å². The zero-order chi connectivity index (χ0) is 14.3. The van der Waals surface area contributed by atoms with Gasteiger partial charge in [0.2, 0.25) is 5.91 Å².